The number of nitrogens with zero attached hydrogens (tertiary/aromatic N) is 2. The van der Waals surface area contributed by atoms with Crippen molar-refractivity contribution in [2.24, 2.45) is 0 Å². The Balaban J connectivity index is 1.76. The van der Waals surface area contributed by atoms with Crippen molar-refractivity contribution in [3.05, 3.63) is 105 Å². The Labute approximate surface area is 188 Å². The molecule has 8 nitrogen and oxygen atoms in total. The molecule has 1 heterocycles. The van der Waals surface area contributed by atoms with E-state index < -0.39 is 22.7 Å². The first kappa shape index (κ1) is 21.6. The van der Waals surface area contributed by atoms with Gasteiger partial charge in [-0.3, -0.25) is 19.7 Å². The molecule has 0 fully saturated rings. The maximum absolute atomic E-state index is 13.4. The molecule has 0 spiro atoms. The number of hydrogen-bond donors (Lipinski definition) is 0. The van der Waals surface area contributed by atoms with Gasteiger partial charge in [-0.1, -0.05) is 18.2 Å². The third-order valence-corrected chi connectivity index (χ3v) is 5.14. The molecule has 0 radical (unpaired) electrons. The number of rotatable bonds is 5. The predicted molar refractivity (Wildman–Crippen MR) is 122 cm³/mol. The lowest BCUT2D eigenvalue weighted by atomic mass is 9.91. The Morgan fingerprint density at radius 1 is 0.939 bits per heavy atom. The lowest BCUT2D eigenvalue weighted by Gasteiger charge is -2.28. The number of nitro benzene ring substituents is 1. The molecule has 164 valence electrons. The van der Waals surface area contributed by atoms with Crippen LogP contribution in [0.5, 0.6) is 0 Å². The topological polar surface area (TPSA) is 107 Å². The van der Waals surface area contributed by atoms with Crippen LogP contribution < -0.4 is 4.90 Å². The molecule has 0 N–H and O–H groups in total. The fraction of sp³-hybridized carbons (Fsp3) is 0.0800. The zero-order valence-corrected chi connectivity index (χ0v) is 17.6. The number of hydrogen-bond acceptors (Lipinski definition) is 6. The van der Waals surface area contributed by atoms with E-state index in [0.29, 0.717) is 27.9 Å². The molecule has 33 heavy (non-hydrogen) atoms. The first-order chi connectivity index (χ1) is 15.9. The van der Waals surface area contributed by atoms with E-state index in [1.165, 1.54) is 48.5 Å². The van der Waals surface area contributed by atoms with Crippen molar-refractivity contribution < 1.29 is 24.0 Å². The molecule has 3 aromatic rings. The Bertz CT molecular complexity index is 1290. The van der Waals surface area contributed by atoms with Crippen LogP contribution in [-0.4, -0.2) is 29.3 Å². The second kappa shape index (κ2) is 8.88. The quantitative estimate of drug-likeness (QED) is 0.189. The van der Waals surface area contributed by atoms with E-state index in [1.807, 2.05) is 0 Å². The number of anilines is 1. The molecule has 0 saturated carbocycles. The molecule has 3 aromatic carbocycles. The number of non-ortho nitro benzene ring substituents is 1. The van der Waals surface area contributed by atoms with E-state index in [4.69, 9.17) is 4.74 Å². The molecule has 2 amide bonds. The van der Waals surface area contributed by atoms with Gasteiger partial charge in [-0.05, 0) is 66.6 Å². The highest BCUT2D eigenvalue weighted by molar-refractivity contribution is 6.43. The summed E-state index contributed by atoms with van der Waals surface area (Å²) >= 11 is 0. The molecular formula is C25H18N2O6. The zero-order chi connectivity index (χ0) is 23.5. The van der Waals surface area contributed by atoms with Gasteiger partial charge in [0.25, 0.3) is 17.5 Å². The fourth-order valence-electron chi connectivity index (χ4n) is 3.55. The summed E-state index contributed by atoms with van der Waals surface area (Å²) in [6.07, 6.45) is 1.59. The summed E-state index contributed by atoms with van der Waals surface area (Å²) in [7, 11) is 0. The molecule has 0 unspecified atom stereocenters. The van der Waals surface area contributed by atoms with E-state index in [9.17, 15) is 24.5 Å². The first-order valence-corrected chi connectivity index (χ1v) is 10.1. The monoisotopic (exact) mass is 442 g/mol. The van der Waals surface area contributed by atoms with Gasteiger partial charge in [0.15, 0.2) is 0 Å². The summed E-state index contributed by atoms with van der Waals surface area (Å²) in [6, 6.07) is 18.5. The standard InChI is InChI=1S/C25H18N2O6/c1-2-33-25(30)17-9-13-18(14-10-17)26-23(28)21-6-4-3-5-20(21)22(24(26)29)15-16-7-11-19(12-8-16)27(31)32/h3-15H,2H2,1H3/b22-15+. The Morgan fingerprint density at radius 3 is 2.18 bits per heavy atom. The van der Waals surface area contributed by atoms with Gasteiger partial charge in [-0.2, -0.15) is 0 Å². The van der Waals surface area contributed by atoms with E-state index in [-0.39, 0.29) is 17.9 Å². The van der Waals surface area contributed by atoms with Gasteiger partial charge in [0.05, 0.1) is 22.8 Å². The zero-order valence-electron chi connectivity index (χ0n) is 17.6. The van der Waals surface area contributed by atoms with Crippen LogP contribution in [0.25, 0.3) is 11.6 Å². The van der Waals surface area contributed by atoms with Gasteiger partial charge in [-0.15, -0.1) is 0 Å². The minimum absolute atomic E-state index is 0.0639. The summed E-state index contributed by atoms with van der Waals surface area (Å²) in [6.45, 7) is 1.94. The van der Waals surface area contributed by atoms with Crippen molar-refractivity contribution in [2.45, 2.75) is 6.92 Å². The van der Waals surface area contributed by atoms with Gasteiger partial charge in [0, 0.05) is 23.3 Å². The number of carbonyl (C=O) groups excluding carboxylic acids is 3. The van der Waals surface area contributed by atoms with Crippen molar-refractivity contribution in [1.29, 1.82) is 0 Å². The number of esters is 1. The van der Waals surface area contributed by atoms with E-state index in [2.05, 4.69) is 0 Å². The highest BCUT2D eigenvalue weighted by Gasteiger charge is 2.35. The number of ether oxygens (including phenoxy) is 1. The van der Waals surface area contributed by atoms with E-state index in [0.717, 1.165) is 4.90 Å². The average molecular weight is 442 g/mol. The van der Waals surface area contributed by atoms with Crippen molar-refractivity contribution in [2.75, 3.05) is 11.5 Å². The fourth-order valence-corrected chi connectivity index (χ4v) is 3.55. The maximum Gasteiger partial charge on any atom is 0.338 e. The minimum atomic E-state index is -0.541. The molecule has 0 atom stereocenters. The molecule has 0 bridgehead atoms. The summed E-state index contributed by atoms with van der Waals surface area (Å²) in [5.41, 5.74) is 2.22. The van der Waals surface area contributed by atoms with Crippen molar-refractivity contribution in [3.63, 3.8) is 0 Å². The SMILES string of the molecule is CCOC(=O)c1ccc(N2C(=O)/C(=C/c3ccc([N+](=O)[O-])cc3)c3ccccc3C2=O)cc1. The van der Waals surface area contributed by atoms with Crippen LogP contribution in [0.1, 0.15) is 38.8 Å². The first-order valence-electron chi connectivity index (χ1n) is 10.1. The number of imide groups is 1. The van der Waals surface area contributed by atoms with Gasteiger partial charge in [-0.25, -0.2) is 9.69 Å². The predicted octanol–water partition coefficient (Wildman–Crippen LogP) is 4.50. The molecule has 0 aliphatic carbocycles. The Kier molecular flexibility index (Phi) is 5.82. The van der Waals surface area contributed by atoms with Gasteiger partial charge < -0.3 is 4.74 Å². The summed E-state index contributed by atoms with van der Waals surface area (Å²) < 4.78 is 4.97. The third kappa shape index (κ3) is 4.14. The maximum atomic E-state index is 13.4. The van der Waals surface area contributed by atoms with Crippen LogP contribution in [0.4, 0.5) is 11.4 Å². The van der Waals surface area contributed by atoms with Gasteiger partial charge in [0.2, 0.25) is 0 Å². The lowest BCUT2D eigenvalue weighted by Crippen LogP contribution is -2.41. The van der Waals surface area contributed by atoms with Crippen molar-refractivity contribution in [1.82, 2.24) is 0 Å². The molecule has 1 aliphatic heterocycles. The normalized spacial score (nSPS) is 14.2. The number of amides is 2. The van der Waals surface area contributed by atoms with Crippen molar-refractivity contribution >= 4 is 40.8 Å². The molecule has 0 saturated heterocycles. The number of fused-ring (bicyclic) bond motifs is 1. The third-order valence-electron chi connectivity index (χ3n) is 5.14. The van der Waals surface area contributed by atoms with Crippen LogP contribution in [0.2, 0.25) is 0 Å². The van der Waals surface area contributed by atoms with Crippen LogP contribution in [0.15, 0.2) is 72.8 Å². The number of carbonyl (C=O) groups is 3. The summed E-state index contributed by atoms with van der Waals surface area (Å²) in [5, 5.41) is 10.9. The lowest BCUT2D eigenvalue weighted by molar-refractivity contribution is -0.384. The number of benzene rings is 3. The van der Waals surface area contributed by atoms with E-state index in [1.54, 1.807) is 37.3 Å². The largest absolute Gasteiger partial charge is 0.462 e. The second-order valence-electron chi connectivity index (χ2n) is 7.17. The average Bonchev–Trinajstić information content (AvgIpc) is 2.83. The van der Waals surface area contributed by atoms with Crippen molar-refractivity contribution in [3.8, 4) is 0 Å². The Morgan fingerprint density at radius 2 is 1.58 bits per heavy atom. The molecule has 4 rings (SSSR count). The second-order valence-corrected chi connectivity index (χ2v) is 7.17. The Hall–Kier alpha value is -4.59. The van der Waals surface area contributed by atoms with Gasteiger partial charge >= 0.3 is 5.97 Å². The van der Waals surface area contributed by atoms with Crippen LogP contribution in [0, 0.1) is 10.1 Å². The van der Waals surface area contributed by atoms with Gasteiger partial charge in [0.1, 0.15) is 0 Å². The molecular weight excluding hydrogens is 424 g/mol. The van der Waals surface area contributed by atoms with Crippen LogP contribution in [-0.2, 0) is 9.53 Å². The summed E-state index contributed by atoms with van der Waals surface area (Å²) in [4.78, 5) is 50.0. The van der Waals surface area contributed by atoms with Crippen LogP contribution in [0.3, 0.4) is 0 Å². The molecule has 8 heteroatoms. The molecule has 0 aromatic heterocycles. The summed E-state index contributed by atoms with van der Waals surface area (Å²) in [5.74, 6) is -1.52. The minimum Gasteiger partial charge on any atom is -0.462 e. The smallest absolute Gasteiger partial charge is 0.338 e. The number of nitro groups is 1. The highest BCUT2D eigenvalue weighted by atomic mass is 16.6. The molecule has 1 aliphatic rings. The highest BCUT2D eigenvalue weighted by Crippen LogP contribution is 2.33. The van der Waals surface area contributed by atoms with Crippen LogP contribution >= 0.6 is 0 Å². The van der Waals surface area contributed by atoms with E-state index >= 15 is 0 Å².